The van der Waals surface area contributed by atoms with Crippen LogP contribution in [-0.2, 0) is 0 Å². The normalized spacial score (nSPS) is 11.1. The molecule has 0 spiro atoms. The first-order chi connectivity index (χ1) is 8.65. The zero-order valence-corrected chi connectivity index (χ0v) is 11.1. The zero-order valence-electron chi connectivity index (χ0n) is 9.54. The molecule has 0 amide bonds. The molecule has 0 radical (unpaired) electrons. The number of benzene rings is 1. The zero-order chi connectivity index (χ0) is 12.7. The van der Waals surface area contributed by atoms with Gasteiger partial charge >= 0.3 is 0 Å². The third-order valence-corrected chi connectivity index (χ3v) is 3.33. The predicted octanol–water partition coefficient (Wildman–Crippen LogP) is 3.83. The van der Waals surface area contributed by atoms with Gasteiger partial charge < -0.3 is 4.98 Å². The van der Waals surface area contributed by atoms with Crippen LogP contribution in [0, 0.1) is 12.7 Å². The number of halogens is 2. The second-order valence-electron chi connectivity index (χ2n) is 4.07. The lowest BCUT2D eigenvalue weighted by Crippen LogP contribution is -1.87. The van der Waals surface area contributed by atoms with E-state index >= 15 is 0 Å². The van der Waals surface area contributed by atoms with E-state index in [1.165, 1.54) is 6.07 Å². The maximum atomic E-state index is 13.8. The van der Waals surface area contributed by atoms with Crippen molar-refractivity contribution in [1.82, 2.24) is 15.0 Å². The van der Waals surface area contributed by atoms with Crippen LogP contribution in [0.3, 0.4) is 0 Å². The molecule has 90 valence electrons. The summed E-state index contributed by atoms with van der Waals surface area (Å²) in [6.45, 7) is 1.95. The maximum absolute atomic E-state index is 13.8. The minimum atomic E-state index is -0.319. The predicted molar refractivity (Wildman–Crippen MR) is 71.7 cm³/mol. The number of hydrogen-bond acceptors (Lipinski definition) is 2. The van der Waals surface area contributed by atoms with E-state index in [0.29, 0.717) is 21.5 Å². The van der Waals surface area contributed by atoms with Gasteiger partial charge in [-0.15, -0.1) is 0 Å². The molecule has 3 rings (SSSR count). The highest BCUT2D eigenvalue weighted by Crippen LogP contribution is 2.29. The first-order valence-electron chi connectivity index (χ1n) is 5.42. The van der Waals surface area contributed by atoms with Crippen LogP contribution in [0.25, 0.3) is 22.6 Å². The van der Waals surface area contributed by atoms with Crippen LogP contribution in [0.5, 0.6) is 0 Å². The van der Waals surface area contributed by atoms with Gasteiger partial charge in [-0.1, -0.05) is 6.07 Å². The van der Waals surface area contributed by atoms with E-state index in [1.807, 2.05) is 13.0 Å². The Balaban J connectivity index is 2.26. The lowest BCUT2D eigenvalue weighted by Gasteiger charge is -2.01. The highest BCUT2D eigenvalue weighted by Gasteiger charge is 2.13. The molecule has 3 aromatic rings. The number of hydrogen-bond donors (Lipinski definition) is 1. The van der Waals surface area contributed by atoms with Crippen LogP contribution in [0.15, 0.2) is 34.9 Å². The van der Waals surface area contributed by atoms with Gasteiger partial charge in [0, 0.05) is 10.7 Å². The summed E-state index contributed by atoms with van der Waals surface area (Å²) in [6, 6.07) is 6.78. The first kappa shape index (κ1) is 11.3. The van der Waals surface area contributed by atoms with E-state index in [9.17, 15) is 4.39 Å². The van der Waals surface area contributed by atoms with Crippen molar-refractivity contribution in [3.8, 4) is 11.4 Å². The van der Waals surface area contributed by atoms with Crippen LogP contribution < -0.4 is 0 Å². The number of aromatic nitrogens is 3. The summed E-state index contributed by atoms with van der Waals surface area (Å²) in [4.78, 5) is 11.6. The van der Waals surface area contributed by atoms with Gasteiger partial charge in [0.25, 0.3) is 0 Å². The van der Waals surface area contributed by atoms with E-state index in [4.69, 9.17) is 0 Å². The number of nitrogens with zero attached hydrogens (tertiary/aromatic N) is 2. The molecule has 0 atom stereocenters. The molecule has 0 aliphatic carbocycles. The van der Waals surface area contributed by atoms with Crippen LogP contribution in [-0.4, -0.2) is 15.0 Å². The summed E-state index contributed by atoms with van der Waals surface area (Å²) in [6.07, 6.45) is 1.74. The van der Waals surface area contributed by atoms with E-state index in [0.717, 1.165) is 11.1 Å². The lowest BCUT2D eigenvalue weighted by atomic mass is 10.2. The van der Waals surface area contributed by atoms with Crippen LogP contribution in [0.1, 0.15) is 5.56 Å². The minimum Gasteiger partial charge on any atom is -0.336 e. The number of pyridine rings is 1. The van der Waals surface area contributed by atoms with Crippen molar-refractivity contribution >= 4 is 27.1 Å². The number of fused-ring (bicyclic) bond motifs is 1. The number of nitrogens with one attached hydrogen (secondary N) is 1. The van der Waals surface area contributed by atoms with Gasteiger partial charge in [0.15, 0.2) is 5.65 Å². The molecule has 0 bridgehead atoms. The van der Waals surface area contributed by atoms with Gasteiger partial charge in [-0.25, -0.2) is 14.4 Å². The van der Waals surface area contributed by atoms with Crippen molar-refractivity contribution in [3.05, 3.63) is 46.3 Å². The Morgan fingerprint density at radius 1 is 1.33 bits per heavy atom. The highest BCUT2D eigenvalue weighted by atomic mass is 79.9. The molecule has 0 saturated carbocycles. The summed E-state index contributed by atoms with van der Waals surface area (Å²) in [7, 11) is 0. The monoisotopic (exact) mass is 305 g/mol. The fourth-order valence-corrected chi connectivity index (χ4v) is 2.38. The molecule has 2 aromatic heterocycles. The van der Waals surface area contributed by atoms with Gasteiger partial charge in [0.2, 0.25) is 0 Å². The van der Waals surface area contributed by atoms with Crippen LogP contribution in [0.4, 0.5) is 4.39 Å². The maximum Gasteiger partial charge on any atom is 0.178 e. The SMILES string of the molecule is Cc1cnc2nc(-c3c(F)cccc3Br)[nH]c2c1. The Kier molecular flexibility index (Phi) is 2.63. The fourth-order valence-electron chi connectivity index (χ4n) is 1.85. The van der Waals surface area contributed by atoms with Crippen molar-refractivity contribution in [2.45, 2.75) is 6.92 Å². The summed E-state index contributed by atoms with van der Waals surface area (Å²) >= 11 is 3.34. The molecule has 2 heterocycles. The first-order valence-corrected chi connectivity index (χ1v) is 6.21. The van der Waals surface area contributed by atoms with Crippen molar-refractivity contribution in [3.63, 3.8) is 0 Å². The number of imidazole rings is 1. The number of aromatic amines is 1. The topological polar surface area (TPSA) is 41.6 Å². The van der Waals surface area contributed by atoms with Crippen molar-refractivity contribution in [2.75, 3.05) is 0 Å². The van der Waals surface area contributed by atoms with Gasteiger partial charge in [0.1, 0.15) is 11.6 Å². The Bertz CT molecular complexity index is 716. The number of rotatable bonds is 1. The lowest BCUT2D eigenvalue weighted by molar-refractivity contribution is 0.629. The second kappa shape index (κ2) is 4.17. The Labute approximate surface area is 111 Å². The molecule has 1 N–H and O–H groups in total. The van der Waals surface area contributed by atoms with E-state index < -0.39 is 0 Å². The van der Waals surface area contributed by atoms with Crippen LogP contribution >= 0.6 is 15.9 Å². The smallest absolute Gasteiger partial charge is 0.178 e. The van der Waals surface area contributed by atoms with E-state index in [2.05, 4.69) is 30.9 Å². The number of aryl methyl sites for hydroxylation is 1. The summed E-state index contributed by atoms with van der Waals surface area (Å²) in [5.41, 5.74) is 2.85. The Hall–Kier alpha value is -1.75. The minimum absolute atomic E-state index is 0.319. The van der Waals surface area contributed by atoms with Gasteiger partial charge in [-0.2, -0.15) is 0 Å². The molecule has 5 heteroatoms. The summed E-state index contributed by atoms with van der Waals surface area (Å²) < 4.78 is 14.5. The van der Waals surface area contributed by atoms with Gasteiger partial charge in [-0.3, -0.25) is 0 Å². The van der Waals surface area contributed by atoms with Crippen LogP contribution in [0.2, 0.25) is 0 Å². The van der Waals surface area contributed by atoms with Gasteiger partial charge in [-0.05, 0) is 46.6 Å². The largest absolute Gasteiger partial charge is 0.336 e. The van der Waals surface area contributed by atoms with E-state index in [1.54, 1.807) is 18.3 Å². The quantitative estimate of drug-likeness (QED) is 0.742. The van der Waals surface area contributed by atoms with Crippen molar-refractivity contribution < 1.29 is 4.39 Å². The number of H-pyrrole nitrogens is 1. The molecule has 1 aromatic carbocycles. The standard InChI is InChI=1S/C13H9BrFN3/c1-7-5-10-12(16-6-7)18-13(17-10)11-8(14)3-2-4-9(11)15/h2-6H,1H3,(H,16,17,18). The molecule has 0 aliphatic rings. The van der Waals surface area contributed by atoms with Crippen molar-refractivity contribution in [1.29, 1.82) is 0 Å². The fraction of sp³-hybridized carbons (Fsp3) is 0.0769. The molecule has 0 unspecified atom stereocenters. The molecule has 0 saturated heterocycles. The average molecular weight is 306 g/mol. The third kappa shape index (κ3) is 1.80. The Morgan fingerprint density at radius 3 is 2.94 bits per heavy atom. The highest BCUT2D eigenvalue weighted by molar-refractivity contribution is 9.10. The molecule has 0 aliphatic heterocycles. The molecule has 3 nitrogen and oxygen atoms in total. The third-order valence-electron chi connectivity index (χ3n) is 2.67. The Morgan fingerprint density at radius 2 is 2.17 bits per heavy atom. The van der Waals surface area contributed by atoms with Gasteiger partial charge in [0.05, 0.1) is 11.1 Å². The summed E-state index contributed by atoms with van der Waals surface area (Å²) in [5.74, 6) is 0.160. The van der Waals surface area contributed by atoms with Crippen molar-refractivity contribution in [2.24, 2.45) is 0 Å². The second-order valence-corrected chi connectivity index (χ2v) is 4.92. The molecule has 18 heavy (non-hydrogen) atoms. The molecule has 0 fully saturated rings. The average Bonchev–Trinajstić information content (AvgIpc) is 2.71. The summed E-state index contributed by atoms with van der Waals surface area (Å²) in [5, 5.41) is 0. The molecular formula is C13H9BrFN3. The van der Waals surface area contributed by atoms with E-state index in [-0.39, 0.29) is 5.82 Å². The molecular weight excluding hydrogens is 297 g/mol.